The summed E-state index contributed by atoms with van der Waals surface area (Å²) in [6.45, 7) is 3.98. The zero-order chi connectivity index (χ0) is 13.8. The van der Waals surface area contributed by atoms with Gasteiger partial charge in [-0.3, -0.25) is 4.79 Å². The lowest BCUT2D eigenvalue weighted by Crippen LogP contribution is -2.34. The maximum absolute atomic E-state index is 13.8. The molecular formula is C15H20FNO2. The van der Waals surface area contributed by atoms with E-state index in [2.05, 4.69) is 0 Å². The summed E-state index contributed by atoms with van der Waals surface area (Å²) in [5, 5.41) is 0. The molecule has 0 atom stereocenters. The van der Waals surface area contributed by atoms with Gasteiger partial charge in [-0.15, -0.1) is 0 Å². The Kier molecular flexibility index (Phi) is 4.53. The molecule has 0 unspecified atom stereocenters. The second-order valence-electron chi connectivity index (χ2n) is 5.22. The summed E-state index contributed by atoms with van der Waals surface area (Å²) >= 11 is 0. The highest BCUT2D eigenvalue weighted by Crippen LogP contribution is 2.18. The average Bonchev–Trinajstić information content (AvgIpc) is 2.39. The number of halogens is 1. The fourth-order valence-electron chi connectivity index (χ4n) is 2.40. The van der Waals surface area contributed by atoms with Crippen LogP contribution < -0.4 is 0 Å². The minimum Gasteiger partial charge on any atom is -0.381 e. The maximum atomic E-state index is 13.8. The van der Waals surface area contributed by atoms with Crippen LogP contribution in [0.3, 0.4) is 0 Å². The summed E-state index contributed by atoms with van der Waals surface area (Å²) in [7, 11) is 1.73. The lowest BCUT2D eigenvalue weighted by molar-refractivity contribution is 0.0495. The first-order chi connectivity index (χ1) is 9.08. The number of hydrogen-bond acceptors (Lipinski definition) is 2. The van der Waals surface area contributed by atoms with Crippen molar-refractivity contribution in [1.82, 2.24) is 4.90 Å². The van der Waals surface area contributed by atoms with Gasteiger partial charge in [-0.1, -0.05) is 6.07 Å². The topological polar surface area (TPSA) is 29.5 Å². The number of carbonyl (C=O) groups is 1. The first-order valence-corrected chi connectivity index (χ1v) is 6.67. The molecule has 3 nitrogen and oxygen atoms in total. The highest BCUT2D eigenvalue weighted by molar-refractivity contribution is 5.94. The van der Waals surface area contributed by atoms with Crippen LogP contribution in [0.5, 0.6) is 0 Å². The predicted octanol–water partition coefficient (Wildman–Crippen LogP) is 2.63. The molecule has 1 aromatic rings. The van der Waals surface area contributed by atoms with E-state index in [1.54, 1.807) is 24.1 Å². The zero-order valence-corrected chi connectivity index (χ0v) is 11.5. The molecule has 0 radical (unpaired) electrons. The van der Waals surface area contributed by atoms with Crippen LogP contribution in [-0.2, 0) is 4.74 Å². The van der Waals surface area contributed by atoms with Gasteiger partial charge in [0.15, 0.2) is 0 Å². The van der Waals surface area contributed by atoms with E-state index in [1.807, 2.05) is 6.92 Å². The smallest absolute Gasteiger partial charge is 0.256 e. The van der Waals surface area contributed by atoms with Crippen LogP contribution in [0.1, 0.15) is 28.8 Å². The third-order valence-electron chi connectivity index (χ3n) is 3.57. The lowest BCUT2D eigenvalue weighted by Gasteiger charge is -2.27. The van der Waals surface area contributed by atoms with Gasteiger partial charge >= 0.3 is 0 Å². The van der Waals surface area contributed by atoms with Crippen molar-refractivity contribution in [3.05, 3.63) is 35.1 Å². The molecule has 0 bridgehead atoms. The van der Waals surface area contributed by atoms with Crippen LogP contribution >= 0.6 is 0 Å². The fraction of sp³-hybridized carbons (Fsp3) is 0.533. The van der Waals surface area contributed by atoms with E-state index >= 15 is 0 Å². The molecule has 104 valence electrons. The molecule has 1 amide bonds. The molecule has 1 fully saturated rings. The summed E-state index contributed by atoms with van der Waals surface area (Å²) in [6.07, 6.45) is 1.93. The minimum atomic E-state index is -0.441. The number of hydrogen-bond donors (Lipinski definition) is 0. The largest absolute Gasteiger partial charge is 0.381 e. The van der Waals surface area contributed by atoms with Crippen molar-refractivity contribution >= 4 is 5.91 Å². The quantitative estimate of drug-likeness (QED) is 0.841. The molecule has 4 heteroatoms. The van der Waals surface area contributed by atoms with Gasteiger partial charge in [0.05, 0.1) is 5.56 Å². The first-order valence-electron chi connectivity index (χ1n) is 6.67. The second kappa shape index (κ2) is 6.15. The number of benzene rings is 1. The molecule has 0 aromatic heterocycles. The molecule has 0 saturated carbocycles. The summed E-state index contributed by atoms with van der Waals surface area (Å²) < 4.78 is 19.1. The van der Waals surface area contributed by atoms with Crippen molar-refractivity contribution in [3.8, 4) is 0 Å². The average molecular weight is 265 g/mol. The Labute approximate surface area is 113 Å². The van der Waals surface area contributed by atoms with Crippen LogP contribution in [0, 0.1) is 18.7 Å². The molecule has 0 spiro atoms. The summed E-state index contributed by atoms with van der Waals surface area (Å²) in [4.78, 5) is 13.8. The van der Waals surface area contributed by atoms with Gasteiger partial charge in [0.25, 0.3) is 5.91 Å². The molecule has 0 N–H and O–H groups in total. The van der Waals surface area contributed by atoms with E-state index in [1.165, 1.54) is 6.07 Å². The second-order valence-corrected chi connectivity index (χ2v) is 5.22. The molecule has 0 aliphatic carbocycles. The standard InChI is InChI=1S/C15H20FNO2/c1-11-3-4-13(14(16)9-11)15(18)17(2)10-12-5-7-19-8-6-12/h3-4,9,12H,5-8,10H2,1-2H3. The molecule has 1 aliphatic rings. The first kappa shape index (κ1) is 14.0. The van der Waals surface area contributed by atoms with Crippen LogP contribution in [-0.4, -0.2) is 37.6 Å². The molecule has 1 aromatic carbocycles. The number of amides is 1. The maximum Gasteiger partial charge on any atom is 0.256 e. The molecule has 2 rings (SSSR count). The summed E-state index contributed by atoms with van der Waals surface area (Å²) in [6, 6.07) is 4.72. The number of ether oxygens (including phenoxy) is 1. The summed E-state index contributed by atoms with van der Waals surface area (Å²) in [5.74, 6) is -0.232. The van der Waals surface area contributed by atoms with Crippen molar-refractivity contribution < 1.29 is 13.9 Å². The monoisotopic (exact) mass is 265 g/mol. The number of aryl methyl sites for hydroxylation is 1. The fourth-order valence-corrected chi connectivity index (χ4v) is 2.40. The van der Waals surface area contributed by atoms with E-state index in [0.29, 0.717) is 12.5 Å². The van der Waals surface area contributed by atoms with Gasteiger partial charge in [0, 0.05) is 26.8 Å². The van der Waals surface area contributed by atoms with Gasteiger partial charge in [-0.05, 0) is 43.4 Å². The third-order valence-corrected chi connectivity index (χ3v) is 3.57. The van der Waals surface area contributed by atoms with Gasteiger partial charge in [0.2, 0.25) is 0 Å². The number of carbonyl (C=O) groups excluding carboxylic acids is 1. The van der Waals surface area contributed by atoms with Gasteiger partial charge < -0.3 is 9.64 Å². The molecule has 19 heavy (non-hydrogen) atoms. The van der Waals surface area contributed by atoms with Crippen molar-refractivity contribution in [2.24, 2.45) is 5.92 Å². The Morgan fingerprint density at radius 3 is 2.74 bits per heavy atom. The number of rotatable bonds is 3. The van der Waals surface area contributed by atoms with Crippen LogP contribution in [0.25, 0.3) is 0 Å². The molecule has 1 heterocycles. The Hall–Kier alpha value is -1.42. The van der Waals surface area contributed by atoms with Gasteiger partial charge in [-0.25, -0.2) is 4.39 Å². The van der Waals surface area contributed by atoms with Gasteiger partial charge in [-0.2, -0.15) is 0 Å². The Bertz CT molecular complexity index is 455. The Morgan fingerprint density at radius 2 is 2.11 bits per heavy atom. The van der Waals surface area contributed by atoms with Gasteiger partial charge in [0.1, 0.15) is 5.82 Å². The van der Waals surface area contributed by atoms with Crippen LogP contribution in [0.15, 0.2) is 18.2 Å². The number of nitrogens with zero attached hydrogens (tertiary/aromatic N) is 1. The van der Waals surface area contributed by atoms with E-state index in [9.17, 15) is 9.18 Å². The van der Waals surface area contributed by atoms with Crippen LogP contribution in [0.2, 0.25) is 0 Å². The minimum absolute atomic E-state index is 0.153. The van der Waals surface area contributed by atoms with Crippen molar-refractivity contribution in [2.45, 2.75) is 19.8 Å². The van der Waals surface area contributed by atoms with E-state index in [4.69, 9.17) is 4.74 Å². The molecule has 1 saturated heterocycles. The highest BCUT2D eigenvalue weighted by Gasteiger charge is 2.21. The van der Waals surface area contributed by atoms with Crippen LogP contribution in [0.4, 0.5) is 4.39 Å². The molecule has 1 aliphatic heterocycles. The van der Waals surface area contributed by atoms with E-state index in [0.717, 1.165) is 31.6 Å². The molecular weight excluding hydrogens is 245 g/mol. The Morgan fingerprint density at radius 1 is 1.42 bits per heavy atom. The highest BCUT2D eigenvalue weighted by atomic mass is 19.1. The predicted molar refractivity (Wildman–Crippen MR) is 71.6 cm³/mol. The SMILES string of the molecule is Cc1ccc(C(=O)N(C)CC2CCOCC2)c(F)c1. The Balaban J connectivity index is 2.01. The van der Waals surface area contributed by atoms with E-state index in [-0.39, 0.29) is 11.5 Å². The van der Waals surface area contributed by atoms with Crippen molar-refractivity contribution in [3.63, 3.8) is 0 Å². The normalized spacial score (nSPS) is 16.4. The third kappa shape index (κ3) is 3.53. The van der Waals surface area contributed by atoms with Crippen molar-refractivity contribution in [1.29, 1.82) is 0 Å². The lowest BCUT2D eigenvalue weighted by atomic mass is 9.99. The van der Waals surface area contributed by atoms with E-state index < -0.39 is 5.82 Å². The summed E-state index contributed by atoms with van der Waals surface area (Å²) in [5.41, 5.74) is 0.973. The van der Waals surface area contributed by atoms with Crippen molar-refractivity contribution in [2.75, 3.05) is 26.8 Å². The zero-order valence-electron chi connectivity index (χ0n) is 11.5.